The lowest BCUT2D eigenvalue weighted by Gasteiger charge is -2.16. The molecule has 1 aromatic carbocycles. The molecule has 1 aliphatic heterocycles. The van der Waals surface area contributed by atoms with Gasteiger partial charge in [-0.15, -0.1) is 0 Å². The molecule has 14 heavy (non-hydrogen) atoms. The monoisotopic (exact) mass is 189 g/mol. The van der Waals surface area contributed by atoms with Crippen molar-refractivity contribution in [3.8, 4) is 0 Å². The summed E-state index contributed by atoms with van der Waals surface area (Å²) in [4.78, 5) is 13.5. The van der Waals surface area contributed by atoms with Gasteiger partial charge in [-0.1, -0.05) is 12.1 Å². The summed E-state index contributed by atoms with van der Waals surface area (Å²) in [5.41, 5.74) is 3.45. The molecule has 0 unspecified atom stereocenters. The van der Waals surface area contributed by atoms with Crippen LogP contribution < -0.4 is 4.90 Å². The quantitative estimate of drug-likeness (QED) is 0.665. The van der Waals surface area contributed by atoms with Gasteiger partial charge in [0.25, 0.3) is 0 Å². The predicted octanol–water partition coefficient (Wildman–Crippen LogP) is 2.27. The van der Waals surface area contributed by atoms with Crippen LogP contribution in [0.25, 0.3) is 0 Å². The first-order valence-corrected chi connectivity index (χ1v) is 5.11. The Bertz CT molecular complexity index is 371. The summed E-state index contributed by atoms with van der Waals surface area (Å²) in [6.45, 7) is 5.88. The highest BCUT2D eigenvalue weighted by Crippen LogP contribution is 2.28. The molecule has 0 radical (unpaired) electrons. The van der Waals surface area contributed by atoms with E-state index >= 15 is 0 Å². The Morgan fingerprint density at radius 3 is 2.93 bits per heavy atom. The van der Waals surface area contributed by atoms with Gasteiger partial charge >= 0.3 is 0 Å². The van der Waals surface area contributed by atoms with Crippen molar-refractivity contribution in [3.05, 3.63) is 29.3 Å². The van der Waals surface area contributed by atoms with Gasteiger partial charge in [-0.25, -0.2) is 0 Å². The third-order valence-corrected chi connectivity index (χ3v) is 2.87. The molecule has 1 heterocycles. The number of ketones is 1. The van der Waals surface area contributed by atoms with Gasteiger partial charge in [0.15, 0.2) is 5.78 Å². The second kappa shape index (κ2) is 3.45. The second-order valence-corrected chi connectivity index (χ2v) is 3.73. The van der Waals surface area contributed by atoms with Gasteiger partial charge in [0, 0.05) is 24.3 Å². The number of carbonyl (C=O) groups is 1. The molecule has 2 rings (SSSR count). The summed E-state index contributed by atoms with van der Waals surface area (Å²) in [6, 6.07) is 6.04. The van der Waals surface area contributed by atoms with Gasteiger partial charge in [-0.05, 0) is 31.9 Å². The smallest absolute Gasteiger partial charge is 0.159 e. The zero-order valence-corrected chi connectivity index (χ0v) is 8.71. The molecule has 2 heteroatoms. The Hall–Kier alpha value is -1.31. The van der Waals surface area contributed by atoms with E-state index in [1.807, 2.05) is 12.1 Å². The summed E-state index contributed by atoms with van der Waals surface area (Å²) < 4.78 is 0. The van der Waals surface area contributed by atoms with Crippen LogP contribution >= 0.6 is 0 Å². The normalized spacial score (nSPS) is 14.3. The number of nitrogens with zero attached hydrogens (tertiary/aromatic N) is 1. The number of hydrogen-bond donors (Lipinski definition) is 0. The van der Waals surface area contributed by atoms with E-state index in [0.29, 0.717) is 0 Å². The number of fused-ring (bicyclic) bond motifs is 1. The van der Waals surface area contributed by atoms with Crippen molar-refractivity contribution < 1.29 is 4.79 Å². The predicted molar refractivity (Wildman–Crippen MR) is 58.0 cm³/mol. The number of likely N-dealkylation sites (N-methyl/N-ethyl adjacent to an activating group) is 1. The van der Waals surface area contributed by atoms with Crippen molar-refractivity contribution in [1.29, 1.82) is 0 Å². The van der Waals surface area contributed by atoms with Crippen LogP contribution in [0.1, 0.15) is 29.8 Å². The van der Waals surface area contributed by atoms with Crippen LogP contribution in [0, 0.1) is 0 Å². The van der Waals surface area contributed by atoms with E-state index in [4.69, 9.17) is 0 Å². The SMILES string of the molecule is CCN1CCc2ccc(C(C)=O)cc21. The summed E-state index contributed by atoms with van der Waals surface area (Å²) in [7, 11) is 0. The number of rotatable bonds is 2. The largest absolute Gasteiger partial charge is 0.371 e. The molecule has 0 bridgehead atoms. The van der Waals surface area contributed by atoms with Crippen molar-refractivity contribution in [2.24, 2.45) is 0 Å². The Morgan fingerprint density at radius 2 is 2.29 bits per heavy atom. The third-order valence-electron chi connectivity index (χ3n) is 2.87. The van der Waals surface area contributed by atoms with E-state index in [2.05, 4.69) is 17.9 Å². The van der Waals surface area contributed by atoms with Crippen molar-refractivity contribution in [2.45, 2.75) is 20.3 Å². The molecule has 74 valence electrons. The molecule has 1 aromatic rings. The molecule has 0 aromatic heterocycles. The van der Waals surface area contributed by atoms with E-state index in [1.54, 1.807) is 6.92 Å². The highest BCUT2D eigenvalue weighted by molar-refractivity contribution is 5.95. The maximum absolute atomic E-state index is 11.2. The van der Waals surface area contributed by atoms with Crippen LogP contribution in [-0.4, -0.2) is 18.9 Å². The van der Waals surface area contributed by atoms with Crippen molar-refractivity contribution in [3.63, 3.8) is 0 Å². The van der Waals surface area contributed by atoms with Crippen molar-refractivity contribution in [2.75, 3.05) is 18.0 Å². The van der Waals surface area contributed by atoms with Crippen LogP contribution in [0.2, 0.25) is 0 Å². The molecule has 0 N–H and O–H groups in total. The van der Waals surface area contributed by atoms with Gasteiger partial charge in [0.2, 0.25) is 0 Å². The second-order valence-electron chi connectivity index (χ2n) is 3.73. The maximum atomic E-state index is 11.2. The van der Waals surface area contributed by atoms with Crippen LogP contribution in [0.15, 0.2) is 18.2 Å². The Kier molecular flexibility index (Phi) is 2.28. The van der Waals surface area contributed by atoms with Crippen LogP contribution in [-0.2, 0) is 6.42 Å². The van der Waals surface area contributed by atoms with Gasteiger partial charge < -0.3 is 4.90 Å². The Labute approximate surface area is 84.5 Å². The topological polar surface area (TPSA) is 20.3 Å². The molecular formula is C12H15NO. The standard InChI is InChI=1S/C12H15NO/c1-3-13-7-6-10-4-5-11(9(2)14)8-12(10)13/h4-5,8H,3,6-7H2,1-2H3. The number of hydrogen-bond acceptors (Lipinski definition) is 2. The fraction of sp³-hybridized carbons (Fsp3) is 0.417. The van der Waals surface area contributed by atoms with Crippen LogP contribution in [0.3, 0.4) is 0 Å². The summed E-state index contributed by atoms with van der Waals surface area (Å²) in [5, 5.41) is 0. The minimum absolute atomic E-state index is 0.149. The maximum Gasteiger partial charge on any atom is 0.159 e. The van der Waals surface area contributed by atoms with Gasteiger partial charge in [0.05, 0.1) is 0 Å². The average molecular weight is 189 g/mol. The highest BCUT2D eigenvalue weighted by atomic mass is 16.1. The summed E-state index contributed by atoms with van der Waals surface area (Å²) in [5.74, 6) is 0.149. The lowest BCUT2D eigenvalue weighted by Crippen LogP contribution is -2.19. The minimum atomic E-state index is 0.149. The van der Waals surface area contributed by atoms with E-state index in [9.17, 15) is 4.79 Å². The van der Waals surface area contributed by atoms with Crippen LogP contribution in [0.4, 0.5) is 5.69 Å². The summed E-state index contributed by atoms with van der Waals surface area (Å²) in [6.07, 6.45) is 1.11. The van der Waals surface area contributed by atoms with Crippen LogP contribution in [0.5, 0.6) is 0 Å². The first kappa shape index (κ1) is 9.25. The Balaban J connectivity index is 2.42. The number of benzene rings is 1. The lowest BCUT2D eigenvalue weighted by atomic mass is 10.1. The van der Waals surface area contributed by atoms with Gasteiger partial charge in [-0.2, -0.15) is 0 Å². The minimum Gasteiger partial charge on any atom is -0.371 e. The van der Waals surface area contributed by atoms with Crippen molar-refractivity contribution >= 4 is 11.5 Å². The zero-order chi connectivity index (χ0) is 10.1. The number of carbonyl (C=O) groups excluding carboxylic acids is 1. The molecule has 0 amide bonds. The number of Topliss-reactive ketones (excluding diaryl/α,β-unsaturated/α-hetero) is 1. The van der Waals surface area contributed by atoms with Gasteiger partial charge in [-0.3, -0.25) is 4.79 Å². The van der Waals surface area contributed by atoms with E-state index in [0.717, 1.165) is 25.1 Å². The molecule has 0 fully saturated rings. The third kappa shape index (κ3) is 1.41. The molecular weight excluding hydrogens is 174 g/mol. The zero-order valence-electron chi connectivity index (χ0n) is 8.71. The fourth-order valence-corrected chi connectivity index (χ4v) is 1.99. The molecule has 0 atom stereocenters. The van der Waals surface area contributed by atoms with E-state index in [1.165, 1.54) is 11.3 Å². The molecule has 0 saturated heterocycles. The van der Waals surface area contributed by atoms with Crippen molar-refractivity contribution in [1.82, 2.24) is 0 Å². The summed E-state index contributed by atoms with van der Waals surface area (Å²) >= 11 is 0. The van der Waals surface area contributed by atoms with E-state index in [-0.39, 0.29) is 5.78 Å². The van der Waals surface area contributed by atoms with E-state index < -0.39 is 0 Å². The number of anilines is 1. The first-order valence-electron chi connectivity index (χ1n) is 5.11. The highest BCUT2D eigenvalue weighted by Gasteiger charge is 2.18. The molecule has 1 aliphatic rings. The average Bonchev–Trinajstić information content (AvgIpc) is 2.59. The molecule has 0 aliphatic carbocycles. The Morgan fingerprint density at radius 1 is 1.50 bits per heavy atom. The fourth-order valence-electron chi connectivity index (χ4n) is 1.99. The lowest BCUT2D eigenvalue weighted by molar-refractivity contribution is 0.101. The molecule has 2 nitrogen and oxygen atoms in total. The van der Waals surface area contributed by atoms with Gasteiger partial charge in [0.1, 0.15) is 0 Å². The molecule has 0 spiro atoms. The first-order chi connectivity index (χ1) is 6.72. The molecule has 0 saturated carbocycles.